The maximum absolute atomic E-state index is 13.1. The molecule has 2 unspecified atom stereocenters. The molecule has 2 rings (SSSR count). The molecule has 5 heteroatoms. The molecular formula is C13H15ClFNO2. The Bertz CT molecular complexity index is 453. The number of halogens is 2. The van der Waals surface area contributed by atoms with Gasteiger partial charge in [-0.2, -0.15) is 0 Å². The highest BCUT2D eigenvalue weighted by Gasteiger charge is 2.24. The summed E-state index contributed by atoms with van der Waals surface area (Å²) < 4.78 is 13.1. The molecule has 2 N–H and O–H groups in total. The van der Waals surface area contributed by atoms with E-state index in [9.17, 15) is 9.18 Å². The fourth-order valence-electron chi connectivity index (χ4n) is 2.56. The summed E-state index contributed by atoms with van der Waals surface area (Å²) in [6.45, 7) is 0. The molecule has 18 heavy (non-hydrogen) atoms. The molecule has 0 heterocycles. The molecule has 0 saturated heterocycles. The van der Waals surface area contributed by atoms with E-state index in [-0.39, 0.29) is 17.0 Å². The number of hydrogen-bond donors (Lipinski definition) is 2. The van der Waals surface area contributed by atoms with Crippen LogP contribution >= 0.6 is 11.6 Å². The van der Waals surface area contributed by atoms with Gasteiger partial charge < -0.3 is 10.4 Å². The Balaban J connectivity index is 2.08. The fraction of sp³-hybridized carbons (Fsp3) is 0.462. The SMILES string of the molecule is O=C(O)NC1CCCC(c2ccc(F)c(Cl)c2)C1. The first kappa shape index (κ1) is 13.1. The Morgan fingerprint density at radius 2 is 2.22 bits per heavy atom. The first-order valence-corrected chi connectivity index (χ1v) is 6.38. The molecule has 98 valence electrons. The molecule has 1 amide bonds. The molecule has 1 aliphatic carbocycles. The van der Waals surface area contributed by atoms with E-state index < -0.39 is 11.9 Å². The van der Waals surface area contributed by atoms with Crippen LogP contribution in [0.5, 0.6) is 0 Å². The lowest BCUT2D eigenvalue weighted by molar-refractivity contribution is 0.184. The Hall–Kier alpha value is -1.29. The first-order chi connectivity index (χ1) is 8.56. The van der Waals surface area contributed by atoms with Crippen molar-refractivity contribution < 1.29 is 14.3 Å². The molecule has 1 fully saturated rings. The summed E-state index contributed by atoms with van der Waals surface area (Å²) in [5.74, 6) is -0.176. The van der Waals surface area contributed by atoms with Crippen molar-refractivity contribution in [2.75, 3.05) is 0 Å². The van der Waals surface area contributed by atoms with Crippen LogP contribution < -0.4 is 5.32 Å². The Morgan fingerprint density at radius 1 is 1.44 bits per heavy atom. The summed E-state index contributed by atoms with van der Waals surface area (Å²) in [6.07, 6.45) is 2.56. The van der Waals surface area contributed by atoms with Crippen molar-refractivity contribution in [3.63, 3.8) is 0 Å². The predicted octanol–water partition coefficient (Wildman–Crippen LogP) is 3.77. The summed E-state index contributed by atoms with van der Waals surface area (Å²) in [4.78, 5) is 10.6. The highest BCUT2D eigenvalue weighted by atomic mass is 35.5. The van der Waals surface area contributed by atoms with E-state index in [2.05, 4.69) is 5.32 Å². The standard InChI is InChI=1S/C13H15ClFNO2/c14-11-7-9(4-5-12(11)15)8-2-1-3-10(6-8)16-13(17)18/h4-5,7-8,10,16H,1-3,6H2,(H,17,18). The van der Waals surface area contributed by atoms with Crippen LogP contribution in [-0.4, -0.2) is 17.2 Å². The number of amides is 1. The fourth-order valence-corrected chi connectivity index (χ4v) is 2.75. The minimum atomic E-state index is -0.988. The summed E-state index contributed by atoms with van der Waals surface area (Å²) in [5, 5.41) is 11.4. The van der Waals surface area contributed by atoms with E-state index in [0.717, 1.165) is 31.2 Å². The van der Waals surface area contributed by atoms with E-state index in [0.29, 0.717) is 0 Å². The highest BCUT2D eigenvalue weighted by Crippen LogP contribution is 2.34. The van der Waals surface area contributed by atoms with Crippen molar-refractivity contribution in [3.8, 4) is 0 Å². The third kappa shape index (κ3) is 3.13. The smallest absolute Gasteiger partial charge is 0.404 e. The second-order valence-electron chi connectivity index (χ2n) is 4.68. The van der Waals surface area contributed by atoms with Gasteiger partial charge in [-0.3, -0.25) is 0 Å². The number of carbonyl (C=O) groups is 1. The predicted molar refractivity (Wildman–Crippen MR) is 67.6 cm³/mol. The molecule has 1 saturated carbocycles. The topological polar surface area (TPSA) is 49.3 Å². The molecule has 2 atom stereocenters. The van der Waals surface area contributed by atoms with E-state index in [1.165, 1.54) is 6.07 Å². The van der Waals surface area contributed by atoms with Crippen molar-refractivity contribution >= 4 is 17.7 Å². The van der Waals surface area contributed by atoms with Crippen LogP contribution in [0, 0.1) is 5.82 Å². The van der Waals surface area contributed by atoms with Gasteiger partial charge in [0.25, 0.3) is 0 Å². The largest absolute Gasteiger partial charge is 0.465 e. The van der Waals surface area contributed by atoms with Gasteiger partial charge in [0.05, 0.1) is 5.02 Å². The second kappa shape index (κ2) is 5.57. The molecule has 0 bridgehead atoms. The average molecular weight is 272 g/mol. The van der Waals surface area contributed by atoms with Gasteiger partial charge in [0.1, 0.15) is 5.82 Å². The van der Waals surface area contributed by atoms with Crippen LogP contribution in [0.2, 0.25) is 5.02 Å². The van der Waals surface area contributed by atoms with Crippen molar-refractivity contribution in [2.24, 2.45) is 0 Å². The maximum Gasteiger partial charge on any atom is 0.404 e. The second-order valence-corrected chi connectivity index (χ2v) is 5.09. The van der Waals surface area contributed by atoms with Gasteiger partial charge in [0.2, 0.25) is 0 Å². The van der Waals surface area contributed by atoms with Gasteiger partial charge in [-0.25, -0.2) is 9.18 Å². The molecular weight excluding hydrogens is 257 g/mol. The molecule has 1 aromatic carbocycles. The Labute approximate surface area is 110 Å². The van der Waals surface area contributed by atoms with Gasteiger partial charge in [-0.05, 0) is 42.9 Å². The third-order valence-corrected chi connectivity index (χ3v) is 3.71. The van der Waals surface area contributed by atoms with E-state index >= 15 is 0 Å². The van der Waals surface area contributed by atoms with Gasteiger partial charge in [-0.1, -0.05) is 24.1 Å². The number of hydrogen-bond acceptors (Lipinski definition) is 1. The average Bonchev–Trinajstić information content (AvgIpc) is 2.32. The van der Waals surface area contributed by atoms with E-state index in [1.54, 1.807) is 12.1 Å². The molecule has 0 radical (unpaired) electrons. The lowest BCUT2D eigenvalue weighted by Crippen LogP contribution is -2.36. The summed E-state index contributed by atoms with van der Waals surface area (Å²) in [7, 11) is 0. The van der Waals surface area contributed by atoms with Crippen LogP contribution in [0.1, 0.15) is 37.2 Å². The van der Waals surface area contributed by atoms with Crippen LogP contribution in [0.3, 0.4) is 0 Å². The van der Waals surface area contributed by atoms with Gasteiger partial charge in [-0.15, -0.1) is 0 Å². The monoisotopic (exact) mass is 271 g/mol. The summed E-state index contributed by atoms with van der Waals surface area (Å²) in [6, 6.07) is 4.72. The minimum Gasteiger partial charge on any atom is -0.465 e. The van der Waals surface area contributed by atoms with Crippen LogP contribution in [-0.2, 0) is 0 Å². The lowest BCUT2D eigenvalue weighted by atomic mass is 9.81. The molecule has 0 aromatic heterocycles. The molecule has 0 spiro atoms. The van der Waals surface area contributed by atoms with Crippen molar-refractivity contribution in [1.29, 1.82) is 0 Å². The normalized spacial score (nSPS) is 23.7. The van der Waals surface area contributed by atoms with Crippen LogP contribution in [0.15, 0.2) is 18.2 Å². The number of nitrogens with one attached hydrogen (secondary N) is 1. The first-order valence-electron chi connectivity index (χ1n) is 6.00. The third-order valence-electron chi connectivity index (χ3n) is 3.42. The van der Waals surface area contributed by atoms with Crippen molar-refractivity contribution in [3.05, 3.63) is 34.6 Å². The lowest BCUT2D eigenvalue weighted by Gasteiger charge is -2.29. The maximum atomic E-state index is 13.1. The molecule has 3 nitrogen and oxygen atoms in total. The zero-order valence-corrected chi connectivity index (χ0v) is 10.6. The van der Waals surface area contributed by atoms with Crippen molar-refractivity contribution in [2.45, 2.75) is 37.6 Å². The summed E-state index contributed by atoms with van der Waals surface area (Å²) in [5.41, 5.74) is 0.985. The highest BCUT2D eigenvalue weighted by molar-refractivity contribution is 6.30. The Kier molecular flexibility index (Phi) is 4.07. The van der Waals surface area contributed by atoms with Gasteiger partial charge in [0, 0.05) is 6.04 Å². The van der Waals surface area contributed by atoms with Crippen LogP contribution in [0.25, 0.3) is 0 Å². The Morgan fingerprint density at radius 3 is 2.89 bits per heavy atom. The minimum absolute atomic E-state index is 0.0231. The number of rotatable bonds is 2. The summed E-state index contributed by atoms with van der Waals surface area (Å²) >= 11 is 5.77. The van der Waals surface area contributed by atoms with Gasteiger partial charge in [0.15, 0.2) is 0 Å². The molecule has 1 aliphatic rings. The zero-order chi connectivity index (χ0) is 13.1. The van der Waals surface area contributed by atoms with Gasteiger partial charge >= 0.3 is 6.09 Å². The van der Waals surface area contributed by atoms with Crippen LogP contribution in [0.4, 0.5) is 9.18 Å². The van der Waals surface area contributed by atoms with Crippen molar-refractivity contribution in [1.82, 2.24) is 5.32 Å². The molecule has 0 aliphatic heterocycles. The zero-order valence-electron chi connectivity index (χ0n) is 9.83. The molecule has 1 aromatic rings. The quantitative estimate of drug-likeness (QED) is 0.860. The number of benzene rings is 1. The van der Waals surface area contributed by atoms with E-state index in [4.69, 9.17) is 16.7 Å². The number of carboxylic acid groups (broad SMARTS) is 1. The van der Waals surface area contributed by atoms with E-state index in [1.807, 2.05) is 0 Å².